The topological polar surface area (TPSA) is 49.4 Å². The molecule has 2 amide bonds. The Balaban J connectivity index is 1.64. The van der Waals surface area contributed by atoms with Crippen LogP contribution in [0.15, 0.2) is 48.5 Å². The van der Waals surface area contributed by atoms with Gasteiger partial charge in [-0.05, 0) is 30.7 Å². The summed E-state index contributed by atoms with van der Waals surface area (Å²) in [5, 5.41) is 2.49. The fourth-order valence-corrected chi connectivity index (χ4v) is 3.15. The second-order valence-corrected chi connectivity index (χ2v) is 6.73. The molecular formula is C20H19F3N2O2. The Hall–Kier alpha value is -2.83. The molecule has 0 aromatic heterocycles. The number of anilines is 1. The van der Waals surface area contributed by atoms with Crippen LogP contribution in [0, 0.1) is 12.8 Å². The van der Waals surface area contributed by atoms with E-state index in [1.165, 1.54) is 12.1 Å². The van der Waals surface area contributed by atoms with Crippen molar-refractivity contribution >= 4 is 17.5 Å². The molecular weight excluding hydrogens is 357 g/mol. The third kappa shape index (κ3) is 4.67. The fraction of sp³-hybridized carbons (Fsp3) is 0.300. The van der Waals surface area contributed by atoms with Gasteiger partial charge in [0.25, 0.3) is 0 Å². The van der Waals surface area contributed by atoms with E-state index in [-0.39, 0.29) is 24.6 Å². The Morgan fingerprint density at radius 2 is 1.93 bits per heavy atom. The number of aryl methyl sites for hydroxylation is 1. The second kappa shape index (κ2) is 7.42. The minimum atomic E-state index is -4.48. The van der Waals surface area contributed by atoms with Crippen molar-refractivity contribution < 1.29 is 22.8 Å². The maximum atomic E-state index is 12.8. The molecule has 1 heterocycles. The summed E-state index contributed by atoms with van der Waals surface area (Å²) in [4.78, 5) is 26.2. The lowest BCUT2D eigenvalue weighted by molar-refractivity contribution is -0.137. The van der Waals surface area contributed by atoms with Crippen LogP contribution >= 0.6 is 0 Å². The van der Waals surface area contributed by atoms with E-state index in [1.807, 2.05) is 31.2 Å². The molecule has 2 aromatic carbocycles. The number of hydrogen-bond acceptors (Lipinski definition) is 2. The molecule has 1 fully saturated rings. The Kier molecular flexibility index (Phi) is 5.21. The van der Waals surface area contributed by atoms with Crippen LogP contribution in [0.1, 0.15) is 23.1 Å². The van der Waals surface area contributed by atoms with E-state index in [9.17, 15) is 22.8 Å². The van der Waals surface area contributed by atoms with Gasteiger partial charge >= 0.3 is 6.18 Å². The summed E-state index contributed by atoms with van der Waals surface area (Å²) in [6.45, 7) is 2.62. The quantitative estimate of drug-likeness (QED) is 0.877. The molecule has 4 nitrogen and oxygen atoms in total. The third-order valence-electron chi connectivity index (χ3n) is 4.50. The Bertz CT molecular complexity index is 864. The van der Waals surface area contributed by atoms with Gasteiger partial charge in [0.1, 0.15) is 0 Å². The normalized spacial score (nSPS) is 17.3. The van der Waals surface area contributed by atoms with Crippen molar-refractivity contribution in [3.63, 3.8) is 0 Å². The van der Waals surface area contributed by atoms with E-state index in [4.69, 9.17) is 0 Å². The van der Waals surface area contributed by atoms with Crippen molar-refractivity contribution in [2.24, 2.45) is 5.92 Å². The number of alkyl halides is 3. The monoisotopic (exact) mass is 376 g/mol. The van der Waals surface area contributed by atoms with Crippen molar-refractivity contribution in [3.8, 4) is 0 Å². The summed E-state index contributed by atoms with van der Waals surface area (Å²) >= 11 is 0. The summed E-state index contributed by atoms with van der Waals surface area (Å²) in [5.74, 6) is -1.17. The summed E-state index contributed by atoms with van der Waals surface area (Å²) < 4.78 is 38.3. The molecule has 1 aliphatic rings. The maximum absolute atomic E-state index is 12.8. The Labute approximate surface area is 155 Å². The zero-order valence-corrected chi connectivity index (χ0v) is 14.7. The molecule has 1 aliphatic heterocycles. The first-order valence-corrected chi connectivity index (χ1v) is 8.54. The highest BCUT2D eigenvalue weighted by Crippen LogP contribution is 2.31. The van der Waals surface area contributed by atoms with E-state index in [1.54, 1.807) is 4.90 Å². The number of amides is 2. The Morgan fingerprint density at radius 3 is 2.63 bits per heavy atom. The van der Waals surface area contributed by atoms with Gasteiger partial charge < -0.3 is 10.2 Å². The lowest BCUT2D eigenvalue weighted by Gasteiger charge is -2.17. The first kappa shape index (κ1) is 18.9. The molecule has 1 atom stereocenters. The third-order valence-corrected chi connectivity index (χ3v) is 4.50. The van der Waals surface area contributed by atoms with Crippen LogP contribution in [0.2, 0.25) is 0 Å². The first-order valence-electron chi connectivity index (χ1n) is 8.54. The van der Waals surface area contributed by atoms with E-state index in [2.05, 4.69) is 5.32 Å². The Morgan fingerprint density at radius 1 is 1.19 bits per heavy atom. The molecule has 7 heteroatoms. The number of nitrogens with zero attached hydrogens (tertiary/aromatic N) is 1. The molecule has 1 saturated heterocycles. The van der Waals surface area contributed by atoms with Gasteiger partial charge in [-0.3, -0.25) is 9.59 Å². The van der Waals surface area contributed by atoms with Gasteiger partial charge in [-0.15, -0.1) is 0 Å². The van der Waals surface area contributed by atoms with Crippen LogP contribution in [-0.2, 0) is 22.3 Å². The number of nitrogens with one attached hydrogen (secondary N) is 1. The zero-order valence-electron chi connectivity index (χ0n) is 14.7. The van der Waals surface area contributed by atoms with Gasteiger partial charge in [0, 0.05) is 25.2 Å². The second-order valence-electron chi connectivity index (χ2n) is 6.73. The molecule has 0 bridgehead atoms. The molecule has 27 heavy (non-hydrogen) atoms. The summed E-state index contributed by atoms with van der Waals surface area (Å²) in [6, 6.07) is 12.2. The number of halogens is 3. The van der Waals surface area contributed by atoms with Crippen molar-refractivity contribution in [1.82, 2.24) is 4.90 Å². The molecule has 2 aromatic rings. The average Bonchev–Trinajstić information content (AvgIpc) is 2.95. The highest BCUT2D eigenvalue weighted by Gasteiger charge is 2.35. The highest BCUT2D eigenvalue weighted by atomic mass is 19.4. The van der Waals surface area contributed by atoms with E-state index >= 15 is 0 Å². The maximum Gasteiger partial charge on any atom is 0.416 e. The van der Waals surface area contributed by atoms with Crippen LogP contribution in [-0.4, -0.2) is 23.3 Å². The highest BCUT2D eigenvalue weighted by molar-refractivity contribution is 5.97. The van der Waals surface area contributed by atoms with Crippen molar-refractivity contribution in [3.05, 3.63) is 65.2 Å². The van der Waals surface area contributed by atoms with Crippen molar-refractivity contribution in [1.29, 1.82) is 0 Å². The predicted octanol–water partition coefficient (Wildman–Crippen LogP) is 4.00. The van der Waals surface area contributed by atoms with Crippen LogP contribution in [0.4, 0.5) is 18.9 Å². The van der Waals surface area contributed by atoms with Gasteiger partial charge in [0.05, 0.1) is 11.5 Å². The van der Waals surface area contributed by atoms with E-state index in [0.29, 0.717) is 6.54 Å². The van der Waals surface area contributed by atoms with E-state index < -0.39 is 23.6 Å². The largest absolute Gasteiger partial charge is 0.416 e. The predicted molar refractivity (Wildman–Crippen MR) is 94.8 cm³/mol. The summed E-state index contributed by atoms with van der Waals surface area (Å²) in [5.41, 5.74) is 1.29. The van der Waals surface area contributed by atoms with Crippen molar-refractivity contribution in [2.45, 2.75) is 26.1 Å². The minimum Gasteiger partial charge on any atom is -0.338 e. The smallest absolute Gasteiger partial charge is 0.338 e. The van der Waals surface area contributed by atoms with Gasteiger partial charge in [-0.1, -0.05) is 35.9 Å². The molecule has 142 valence electrons. The van der Waals surface area contributed by atoms with Crippen LogP contribution in [0.25, 0.3) is 0 Å². The van der Waals surface area contributed by atoms with Crippen LogP contribution in [0.3, 0.4) is 0 Å². The first-order chi connectivity index (χ1) is 12.7. The molecule has 1 unspecified atom stereocenters. The number of carbonyl (C=O) groups excluding carboxylic acids is 2. The lowest BCUT2D eigenvalue weighted by atomic mass is 10.1. The number of rotatable bonds is 4. The average molecular weight is 376 g/mol. The van der Waals surface area contributed by atoms with Gasteiger partial charge in [-0.2, -0.15) is 13.2 Å². The summed E-state index contributed by atoms with van der Waals surface area (Å²) in [6.07, 6.45) is -4.43. The SMILES string of the molecule is Cc1cccc(CN2CC(C(=O)Nc3cccc(C(F)(F)F)c3)CC2=O)c1. The van der Waals surface area contributed by atoms with Crippen LogP contribution < -0.4 is 5.32 Å². The number of hydrogen-bond donors (Lipinski definition) is 1. The van der Waals surface area contributed by atoms with E-state index in [0.717, 1.165) is 23.3 Å². The summed E-state index contributed by atoms with van der Waals surface area (Å²) in [7, 11) is 0. The van der Waals surface area contributed by atoms with Gasteiger partial charge in [0.15, 0.2) is 0 Å². The number of carbonyl (C=O) groups is 2. The number of benzene rings is 2. The van der Waals surface area contributed by atoms with Gasteiger partial charge in [-0.25, -0.2) is 0 Å². The van der Waals surface area contributed by atoms with Crippen LogP contribution in [0.5, 0.6) is 0 Å². The fourth-order valence-electron chi connectivity index (χ4n) is 3.15. The minimum absolute atomic E-state index is 0.0522. The lowest BCUT2D eigenvalue weighted by Crippen LogP contribution is -2.28. The molecule has 0 radical (unpaired) electrons. The molecule has 1 N–H and O–H groups in total. The molecule has 0 saturated carbocycles. The molecule has 0 aliphatic carbocycles. The van der Waals surface area contributed by atoms with Gasteiger partial charge in [0.2, 0.25) is 11.8 Å². The molecule has 3 rings (SSSR count). The molecule has 0 spiro atoms. The number of likely N-dealkylation sites (tertiary alicyclic amines) is 1. The zero-order chi connectivity index (χ0) is 19.6. The standard InChI is InChI=1S/C20H19F3N2O2/c1-13-4-2-5-14(8-13)11-25-12-15(9-18(25)26)19(27)24-17-7-3-6-16(10-17)20(21,22)23/h2-8,10,15H,9,11-12H2,1H3,(H,24,27). The van der Waals surface area contributed by atoms with Crippen molar-refractivity contribution in [2.75, 3.05) is 11.9 Å².